The quantitative estimate of drug-likeness (QED) is 0.613. The van der Waals surface area contributed by atoms with E-state index in [2.05, 4.69) is 11.9 Å². The van der Waals surface area contributed by atoms with Crippen LogP contribution < -0.4 is 10.1 Å². The van der Waals surface area contributed by atoms with Gasteiger partial charge in [-0.1, -0.05) is 24.3 Å². The molecular weight excluding hydrogens is 274 g/mol. The van der Waals surface area contributed by atoms with E-state index in [4.69, 9.17) is 4.74 Å². The highest BCUT2D eigenvalue weighted by Crippen LogP contribution is 2.18. The molecule has 4 nitrogen and oxygen atoms in total. The highest BCUT2D eigenvalue weighted by molar-refractivity contribution is 7.91. The Morgan fingerprint density at radius 3 is 2.90 bits per heavy atom. The molecule has 1 aliphatic heterocycles. The molecule has 110 valence electrons. The van der Waals surface area contributed by atoms with Gasteiger partial charge in [-0.3, -0.25) is 0 Å². The van der Waals surface area contributed by atoms with E-state index >= 15 is 0 Å². The molecule has 1 atom stereocenters. The van der Waals surface area contributed by atoms with Gasteiger partial charge in [-0.15, -0.1) is 6.58 Å². The highest BCUT2D eigenvalue weighted by Gasteiger charge is 2.27. The van der Waals surface area contributed by atoms with Crippen molar-refractivity contribution in [2.24, 2.45) is 0 Å². The second kappa shape index (κ2) is 6.90. The van der Waals surface area contributed by atoms with E-state index in [0.717, 1.165) is 17.7 Å². The van der Waals surface area contributed by atoms with Crippen LogP contribution in [0.15, 0.2) is 36.9 Å². The van der Waals surface area contributed by atoms with E-state index in [1.54, 1.807) is 0 Å². The lowest BCUT2D eigenvalue weighted by molar-refractivity contribution is 0.305. The van der Waals surface area contributed by atoms with Crippen LogP contribution in [-0.4, -0.2) is 39.1 Å². The Balaban J connectivity index is 1.75. The number of hydrogen-bond donors (Lipinski definition) is 1. The van der Waals surface area contributed by atoms with Crippen LogP contribution in [0.2, 0.25) is 0 Å². The van der Waals surface area contributed by atoms with E-state index in [-0.39, 0.29) is 11.8 Å². The molecule has 0 saturated carbocycles. The molecule has 1 fully saturated rings. The van der Waals surface area contributed by atoms with Crippen LogP contribution in [0, 0.1) is 0 Å². The molecule has 0 aromatic heterocycles. The van der Waals surface area contributed by atoms with Crippen LogP contribution >= 0.6 is 0 Å². The summed E-state index contributed by atoms with van der Waals surface area (Å²) in [6, 6.07) is 7.96. The third kappa shape index (κ3) is 4.35. The number of hydrogen-bond acceptors (Lipinski definition) is 4. The van der Waals surface area contributed by atoms with Crippen molar-refractivity contribution in [3.63, 3.8) is 0 Å². The van der Waals surface area contributed by atoms with Gasteiger partial charge in [0.1, 0.15) is 12.4 Å². The molecule has 1 aromatic rings. The fourth-order valence-electron chi connectivity index (χ4n) is 2.35. The summed E-state index contributed by atoms with van der Waals surface area (Å²) in [5.41, 5.74) is 1.12. The minimum Gasteiger partial charge on any atom is -0.492 e. The fraction of sp³-hybridized carbons (Fsp3) is 0.467. The molecule has 1 aliphatic rings. The maximum atomic E-state index is 11.3. The van der Waals surface area contributed by atoms with Gasteiger partial charge in [-0.25, -0.2) is 8.42 Å². The molecule has 1 N–H and O–H groups in total. The van der Waals surface area contributed by atoms with Crippen molar-refractivity contribution in [1.29, 1.82) is 0 Å². The normalized spacial score (nSPS) is 20.7. The molecule has 0 spiro atoms. The zero-order chi connectivity index (χ0) is 14.4. The lowest BCUT2D eigenvalue weighted by atomic mass is 10.1. The molecule has 1 saturated heterocycles. The first-order valence-corrected chi connectivity index (χ1v) is 8.68. The van der Waals surface area contributed by atoms with Gasteiger partial charge in [0.2, 0.25) is 0 Å². The Labute approximate surface area is 120 Å². The van der Waals surface area contributed by atoms with Crippen molar-refractivity contribution in [3.05, 3.63) is 42.5 Å². The SMILES string of the molecule is C=CCc1ccccc1OCCNC1CCS(=O)(=O)C1. The lowest BCUT2D eigenvalue weighted by Gasteiger charge is -2.13. The van der Waals surface area contributed by atoms with Crippen LogP contribution in [0.3, 0.4) is 0 Å². The predicted octanol–water partition coefficient (Wildman–Crippen LogP) is 1.57. The third-order valence-electron chi connectivity index (χ3n) is 3.36. The highest BCUT2D eigenvalue weighted by atomic mass is 32.2. The Morgan fingerprint density at radius 2 is 2.20 bits per heavy atom. The molecular formula is C15H21NO3S. The van der Waals surface area contributed by atoms with Crippen LogP contribution in [-0.2, 0) is 16.3 Å². The van der Waals surface area contributed by atoms with Crippen LogP contribution in [0.25, 0.3) is 0 Å². The van der Waals surface area contributed by atoms with Crippen LogP contribution in [0.4, 0.5) is 0 Å². The second-order valence-corrected chi connectivity index (χ2v) is 7.23. The average molecular weight is 295 g/mol. The van der Waals surface area contributed by atoms with E-state index in [1.807, 2.05) is 30.3 Å². The van der Waals surface area contributed by atoms with Gasteiger partial charge >= 0.3 is 0 Å². The molecule has 1 aromatic carbocycles. The molecule has 1 unspecified atom stereocenters. The van der Waals surface area contributed by atoms with Crippen molar-refractivity contribution in [2.75, 3.05) is 24.7 Å². The molecule has 0 bridgehead atoms. The first-order valence-electron chi connectivity index (χ1n) is 6.86. The second-order valence-electron chi connectivity index (χ2n) is 5.00. The summed E-state index contributed by atoms with van der Waals surface area (Å²) >= 11 is 0. The largest absolute Gasteiger partial charge is 0.492 e. The molecule has 0 aliphatic carbocycles. The average Bonchev–Trinajstić information content (AvgIpc) is 2.76. The summed E-state index contributed by atoms with van der Waals surface area (Å²) in [6.45, 7) is 4.92. The summed E-state index contributed by atoms with van der Waals surface area (Å²) in [4.78, 5) is 0. The molecule has 1 heterocycles. The first kappa shape index (κ1) is 15.1. The summed E-state index contributed by atoms with van der Waals surface area (Å²) in [7, 11) is -2.81. The topological polar surface area (TPSA) is 55.4 Å². The summed E-state index contributed by atoms with van der Waals surface area (Å²) in [5, 5.41) is 3.23. The zero-order valence-electron chi connectivity index (χ0n) is 11.5. The summed E-state index contributed by atoms with van der Waals surface area (Å²) in [6.07, 6.45) is 3.34. The van der Waals surface area contributed by atoms with E-state index < -0.39 is 9.84 Å². The number of sulfone groups is 1. The number of ether oxygens (including phenoxy) is 1. The van der Waals surface area contributed by atoms with Gasteiger partial charge in [-0.2, -0.15) is 0 Å². The number of rotatable bonds is 7. The maximum Gasteiger partial charge on any atom is 0.151 e. The lowest BCUT2D eigenvalue weighted by Crippen LogP contribution is -2.33. The monoisotopic (exact) mass is 295 g/mol. The molecule has 0 amide bonds. The zero-order valence-corrected chi connectivity index (χ0v) is 12.4. The maximum absolute atomic E-state index is 11.3. The van der Waals surface area contributed by atoms with Gasteiger partial charge < -0.3 is 10.1 Å². The van der Waals surface area contributed by atoms with E-state index in [0.29, 0.717) is 25.3 Å². The Bertz CT molecular complexity index is 554. The van der Waals surface area contributed by atoms with Crippen molar-refractivity contribution in [2.45, 2.75) is 18.9 Å². The predicted molar refractivity (Wildman–Crippen MR) is 80.9 cm³/mol. The van der Waals surface area contributed by atoms with Crippen molar-refractivity contribution in [3.8, 4) is 5.75 Å². The van der Waals surface area contributed by atoms with Crippen molar-refractivity contribution < 1.29 is 13.2 Å². The first-order chi connectivity index (χ1) is 9.61. The Kier molecular flexibility index (Phi) is 5.20. The summed E-state index contributed by atoms with van der Waals surface area (Å²) in [5.74, 6) is 1.42. The molecule has 5 heteroatoms. The molecule has 2 rings (SSSR count). The van der Waals surface area contributed by atoms with E-state index in [1.165, 1.54) is 0 Å². The van der Waals surface area contributed by atoms with Gasteiger partial charge in [0.25, 0.3) is 0 Å². The minimum atomic E-state index is -2.81. The van der Waals surface area contributed by atoms with Gasteiger partial charge in [-0.05, 0) is 24.5 Å². The Hall–Kier alpha value is -1.33. The molecule has 0 radical (unpaired) electrons. The van der Waals surface area contributed by atoms with E-state index in [9.17, 15) is 8.42 Å². The van der Waals surface area contributed by atoms with Gasteiger partial charge in [0, 0.05) is 12.6 Å². The van der Waals surface area contributed by atoms with Crippen molar-refractivity contribution >= 4 is 9.84 Å². The Morgan fingerprint density at radius 1 is 1.40 bits per heavy atom. The van der Waals surface area contributed by atoms with Crippen LogP contribution in [0.5, 0.6) is 5.75 Å². The van der Waals surface area contributed by atoms with Gasteiger partial charge in [0.15, 0.2) is 9.84 Å². The summed E-state index contributed by atoms with van der Waals surface area (Å²) < 4.78 is 28.4. The minimum absolute atomic E-state index is 0.0759. The fourth-order valence-corrected chi connectivity index (χ4v) is 4.06. The third-order valence-corrected chi connectivity index (χ3v) is 5.13. The van der Waals surface area contributed by atoms with Gasteiger partial charge in [0.05, 0.1) is 11.5 Å². The number of allylic oxidation sites excluding steroid dienone is 1. The number of para-hydroxylation sites is 1. The van der Waals surface area contributed by atoms with Crippen molar-refractivity contribution in [1.82, 2.24) is 5.32 Å². The number of nitrogens with one attached hydrogen (secondary N) is 1. The smallest absolute Gasteiger partial charge is 0.151 e. The number of benzene rings is 1. The molecule has 20 heavy (non-hydrogen) atoms. The standard InChI is InChI=1S/C15H21NO3S/c1-2-5-13-6-3-4-7-15(13)19-10-9-16-14-8-11-20(17,18)12-14/h2-4,6-7,14,16H,1,5,8-12H2. The van der Waals surface area contributed by atoms with Crippen LogP contribution in [0.1, 0.15) is 12.0 Å².